The second kappa shape index (κ2) is 6.62. The van der Waals surface area contributed by atoms with Crippen molar-refractivity contribution in [2.75, 3.05) is 20.2 Å². The fourth-order valence-electron chi connectivity index (χ4n) is 2.72. The van der Waals surface area contributed by atoms with Gasteiger partial charge in [0.15, 0.2) is 5.69 Å². The topological polar surface area (TPSA) is 79.0 Å². The van der Waals surface area contributed by atoms with E-state index in [1.165, 1.54) is 0 Å². The minimum absolute atomic E-state index is 0.129. The third-order valence-corrected chi connectivity index (χ3v) is 3.89. The van der Waals surface area contributed by atoms with Gasteiger partial charge in [-0.3, -0.25) is 9.89 Å². The lowest BCUT2D eigenvalue weighted by atomic mass is 10.1. The van der Waals surface area contributed by atoms with E-state index >= 15 is 0 Å². The molecule has 0 aliphatic carbocycles. The van der Waals surface area contributed by atoms with Crippen molar-refractivity contribution in [2.24, 2.45) is 0 Å². The van der Waals surface area contributed by atoms with E-state index < -0.39 is 0 Å². The Morgan fingerprint density at radius 3 is 3.14 bits per heavy atom. The van der Waals surface area contributed by atoms with Gasteiger partial charge in [0.05, 0.1) is 7.11 Å². The van der Waals surface area contributed by atoms with Gasteiger partial charge in [0.25, 0.3) is 5.91 Å². The van der Waals surface area contributed by atoms with Crippen LogP contribution in [0.3, 0.4) is 0 Å². The van der Waals surface area contributed by atoms with Gasteiger partial charge in [-0.15, -0.1) is 0 Å². The smallest absolute Gasteiger partial charge is 0.272 e. The highest BCUT2D eigenvalue weighted by molar-refractivity contribution is 5.94. The summed E-state index contributed by atoms with van der Waals surface area (Å²) in [4.78, 5) is 12.3. The monoisotopic (exact) mass is 300 g/mol. The van der Waals surface area contributed by atoms with Gasteiger partial charge < -0.3 is 15.4 Å². The normalized spacial score (nSPS) is 13.5. The van der Waals surface area contributed by atoms with Crippen molar-refractivity contribution in [1.29, 1.82) is 0 Å². The Labute approximate surface area is 129 Å². The predicted molar refractivity (Wildman–Crippen MR) is 83.0 cm³/mol. The van der Waals surface area contributed by atoms with Gasteiger partial charge in [0, 0.05) is 37.3 Å². The van der Waals surface area contributed by atoms with Crippen LogP contribution in [-0.4, -0.2) is 36.3 Å². The molecule has 2 aromatic rings. The third-order valence-electron chi connectivity index (χ3n) is 3.89. The van der Waals surface area contributed by atoms with E-state index in [9.17, 15) is 4.79 Å². The Bertz CT molecular complexity index is 666. The van der Waals surface area contributed by atoms with Crippen LogP contribution in [0.4, 0.5) is 0 Å². The number of fused-ring (bicyclic) bond motifs is 1. The number of aromatic nitrogens is 2. The van der Waals surface area contributed by atoms with Gasteiger partial charge in [-0.1, -0.05) is 18.2 Å². The number of H-pyrrole nitrogens is 1. The summed E-state index contributed by atoms with van der Waals surface area (Å²) in [7, 11) is 1.65. The van der Waals surface area contributed by atoms with E-state index in [4.69, 9.17) is 4.74 Å². The molecule has 0 radical (unpaired) electrons. The number of nitrogens with zero attached hydrogens (tertiary/aromatic N) is 1. The minimum atomic E-state index is -0.129. The summed E-state index contributed by atoms with van der Waals surface area (Å²) in [5.41, 5.74) is 3.63. The Morgan fingerprint density at radius 1 is 1.41 bits per heavy atom. The zero-order valence-electron chi connectivity index (χ0n) is 12.6. The molecule has 0 bridgehead atoms. The number of ether oxygens (including phenoxy) is 1. The molecular weight excluding hydrogens is 280 g/mol. The number of methoxy groups -OCH3 is 1. The van der Waals surface area contributed by atoms with Crippen molar-refractivity contribution in [3.63, 3.8) is 0 Å². The number of hydrogen-bond acceptors (Lipinski definition) is 4. The third kappa shape index (κ3) is 2.96. The zero-order valence-corrected chi connectivity index (χ0v) is 12.6. The van der Waals surface area contributed by atoms with Crippen molar-refractivity contribution in [1.82, 2.24) is 20.8 Å². The molecule has 1 amide bonds. The standard InChI is InChI=1S/C16H20N4O2/c1-22-14-5-3-2-4-11(14)6-9-18-16(21)15-12-10-17-8-7-13(12)19-20-15/h2-5,17H,6-10H2,1H3,(H,18,21)(H,19,20). The first-order chi connectivity index (χ1) is 10.8. The summed E-state index contributed by atoms with van der Waals surface area (Å²) in [6.45, 7) is 2.17. The molecule has 0 spiro atoms. The van der Waals surface area contributed by atoms with E-state index in [1.807, 2.05) is 24.3 Å². The highest BCUT2D eigenvalue weighted by atomic mass is 16.5. The molecule has 116 valence electrons. The first-order valence-electron chi connectivity index (χ1n) is 7.46. The Kier molecular flexibility index (Phi) is 4.39. The van der Waals surface area contributed by atoms with Gasteiger partial charge in [0.2, 0.25) is 0 Å². The molecule has 0 atom stereocenters. The maximum atomic E-state index is 12.3. The molecule has 3 N–H and O–H groups in total. The lowest BCUT2D eigenvalue weighted by Gasteiger charge is -2.13. The second-order valence-corrected chi connectivity index (χ2v) is 5.27. The lowest BCUT2D eigenvalue weighted by Crippen LogP contribution is -2.29. The van der Waals surface area contributed by atoms with Crippen molar-refractivity contribution in [3.8, 4) is 5.75 Å². The average molecular weight is 300 g/mol. The van der Waals surface area contributed by atoms with E-state index in [1.54, 1.807) is 7.11 Å². The average Bonchev–Trinajstić information content (AvgIpc) is 2.99. The number of benzene rings is 1. The molecule has 22 heavy (non-hydrogen) atoms. The molecule has 0 saturated carbocycles. The maximum absolute atomic E-state index is 12.3. The predicted octanol–water partition coefficient (Wildman–Crippen LogP) is 1.04. The van der Waals surface area contributed by atoms with E-state index in [0.717, 1.165) is 42.0 Å². The minimum Gasteiger partial charge on any atom is -0.496 e. The summed E-state index contributed by atoms with van der Waals surface area (Å²) in [5.74, 6) is 0.717. The SMILES string of the molecule is COc1ccccc1CCNC(=O)c1n[nH]c2c1CNCC2. The number of carbonyl (C=O) groups is 1. The maximum Gasteiger partial charge on any atom is 0.272 e. The summed E-state index contributed by atoms with van der Waals surface area (Å²) >= 11 is 0. The number of aromatic amines is 1. The van der Waals surface area contributed by atoms with Crippen LogP contribution in [0.2, 0.25) is 0 Å². The molecule has 6 nitrogen and oxygen atoms in total. The number of carbonyl (C=O) groups excluding carboxylic acids is 1. The molecule has 0 fully saturated rings. The molecule has 1 aromatic carbocycles. The molecule has 1 aromatic heterocycles. The van der Waals surface area contributed by atoms with Gasteiger partial charge >= 0.3 is 0 Å². The Balaban J connectivity index is 1.60. The quantitative estimate of drug-likeness (QED) is 0.771. The molecule has 3 rings (SSSR count). The molecule has 6 heteroatoms. The van der Waals surface area contributed by atoms with Crippen LogP contribution in [0, 0.1) is 0 Å². The van der Waals surface area contributed by atoms with E-state index in [-0.39, 0.29) is 5.91 Å². The van der Waals surface area contributed by atoms with Gasteiger partial charge in [0.1, 0.15) is 5.75 Å². The van der Waals surface area contributed by atoms with Crippen LogP contribution >= 0.6 is 0 Å². The highest BCUT2D eigenvalue weighted by Gasteiger charge is 2.21. The van der Waals surface area contributed by atoms with Gasteiger partial charge in [-0.05, 0) is 18.1 Å². The zero-order chi connectivity index (χ0) is 15.4. The van der Waals surface area contributed by atoms with Crippen LogP contribution in [-0.2, 0) is 19.4 Å². The van der Waals surface area contributed by atoms with Crippen LogP contribution in [0.1, 0.15) is 27.3 Å². The molecule has 0 unspecified atom stereocenters. The first-order valence-corrected chi connectivity index (χ1v) is 7.46. The number of amides is 1. The van der Waals surface area contributed by atoms with Gasteiger partial charge in [-0.2, -0.15) is 5.10 Å². The summed E-state index contributed by atoms with van der Waals surface area (Å²) < 4.78 is 5.31. The van der Waals surface area contributed by atoms with Crippen molar-refractivity contribution < 1.29 is 9.53 Å². The van der Waals surface area contributed by atoms with Crippen LogP contribution in [0.5, 0.6) is 5.75 Å². The number of para-hydroxylation sites is 1. The summed E-state index contributed by atoms with van der Waals surface area (Å²) in [5, 5.41) is 13.3. The van der Waals surface area contributed by atoms with Crippen LogP contribution in [0.15, 0.2) is 24.3 Å². The molecular formula is C16H20N4O2. The number of rotatable bonds is 5. The summed E-state index contributed by atoms with van der Waals surface area (Å²) in [6, 6.07) is 7.83. The fraction of sp³-hybridized carbons (Fsp3) is 0.375. The number of nitrogens with one attached hydrogen (secondary N) is 3. The lowest BCUT2D eigenvalue weighted by molar-refractivity contribution is 0.0948. The first kappa shape index (κ1) is 14.6. The Morgan fingerprint density at radius 2 is 2.27 bits per heavy atom. The molecule has 2 heterocycles. The highest BCUT2D eigenvalue weighted by Crippen LogP contribution is 2.18. The van der Waals surface area contributed by atoms with Crippen molar-refractivity contribution in [3.05, 3.63) is 46.8 Å². The van der Waals surface area contributed by atoms with Crippen molar-refractivity contribution in [2.45, 2.75) is 19.4 Å². The van der Waals surface area contributed by atoms with Crippen molar-refractivity contribution >= 4 is 5.91 Å². The molecule has 1 aliphatic heterocycles. The summed E-state index contributed by atoms with van der Waals surface area (Å²) in [6.07, 6.45) is 1.61. The second-order valence-electron chi connectivity index (χ2n) is 5.27. The van der Waals surface area contributed by atoms with Crippen LogP contribution < -0.4 is 15.4 Å². The molecule has 0 saturated heterocycles. The van der Waals surface area contributed by atoms with E-state index in [0.29, 0.717) is 18.8 Å². The number of hydrogen-bond donors (Lipinski definition) is 3. The van der Waals surface area contributed by atoms with E-state index in [2.05, 4.69) is 20.8 Å². The Hall–Kier alpha value is -2.34. The molecule has 1 aliphatic rings. The fourth-order valence-corrected chi connectivity index (χ4v) is 2.72. The largest absolute Gasteiger partial charge is 0.496 e. The van der Waals surface area contributed by atoms with Crippen LogP contribution in [0.25, 0.3) is 0 Å². The van der Waals surface area contributed by atoms with Gasteiger partial charge in [-0.25, -0.2) is 0 Å².